The SMILES string of the molecule is COc1cc(/C=C2\C(=O)NC(=O)N(c3ccc(OCc4ccccc4Cl)cc3)C2=O)cc(Cl)c1OC. The van der Waals surface area contributed by atoms with Gasteiger partial charge in [0.1, 0.15) is 17.9 Å². The quantitative estimate of drug-likeness (QED) is 0.333. The Morgan fingerprint density at radius 1 is 0.917 bits per heavy atom. The van der Waals surface area contributed by atoms with E-state index in [1.165, 1.54) is 26.4 Å². The number of carbonyl (C=O) groups is 3. The van der Waals surface area contributed by atoms with Crippen LogP contribution in [0.2, 0.25) is 10.0 Å². The smallest absolute Gasteiger partial charge is 0.335 e. The lowest BCUT2D eigenvalue weighted by Gasteiger charge is -2.26. The summed E-state index contributed by atoms with van der Waals surface area (Å²) in [7, 11) is 2.88. The van der Waals surface area contributed by atoms with Crippen LogP contribution < -0.4 is 24.4 Å². The Balaban J connectivity index is 1.57. The van der Waals surface area contributed by atoms with Crippen LogP contribution in [0.3, 0.4) is 0 Å². The largest absolute Gasteiger partial charge is 0.493 e. The van der Waals surface area contributed by atoms with Gasteiger partial charge in [0.05, 0.1) is 24.9 Å². The van der Waals surface area contributed by atoms with Gasteiger partial charge in [-0.2, -0.15) is 0 Å². The molecule has 0 bridgehead atoms. The molecule has 3 aromatic rings. The highest BCUT2D eigenvalue weighted by Gasteiger charge is 2.37. The predicted molar refractivity (Wildman–Crippen MR) is 136 cm³/mol. The van der Waals surface area contributed by atoms with Crippen LogP contribution in [0, 0.1) is 0 Å². The van der Waals surface area contributed by atoms with Crippen LogP contribution in [-0.4, -0.2) is 32.1 Å². The van der Waals surface area contributed by atoms with Crippen LogP contribution in [-0.2, 0) is 16.2 Å². The van der Waals surface area contributed by atoms with E-state index in [0.717, 1.165) is 10.5 Å². The minimum absolute atomic E-state index is 0.229. The van der Waals surface area contributed by atoms with Gasteiger partial charge in [-0.1, -0.05) is 41.4 Å². The lowest BCUT2D eigenvalue weighted by molar-refractivity contribution is -0.122. The third-order valence-electron chi connectivity index (χ3n) is 5.32. The number of halogens is 2. The number of urea groups is 1. The van der Waals surface area contributed by atoms with Gasteiger partial charge in [-0.3, -0.25) is 14.9 Å². The minimum atomic E-state index is -0.864. The van der Waals surface area contributed by atoms with Crippen molar-refractivity contribution in [3.05, 3.63) is 87.4 Å². The molecule has 4 rings (SSSR count). The molecule has 1 aliphatic heterocycles. The first-order chi connectivity index (χ1) is 17.3. The fraction of sp³-hybridized carbons (Fsp3) is 0.115. The summed E-state index contributed by atoms with van der Waals surface area (Å²) < 4.78 is 16.2. The molecule has 36 heavy (non-hydrogen) atoms. The monoisotopic (exact) mass is 526 g/mol. The summed E-state index contributed by atoms with van der Waals surface area (Å²) in [4.78, 5) is 39.1. The summed E-state index contributed by atoms with van der Waals surface area (Å²) >= 11 is 12.4. The number of amides is 4. The van der Waals surface area contributed by atoms with Crippen molar-refractivity contribution in [3.63, 3.8) is 0 Å². The van der Waals surface area contributed by atoms with Crippen molar-refractivity contribution in [3.8, 4) is 17.2 Å². The third kappa shape index (κ3) is 5.15. The summed E-state index contributed by atoms with van der Waals surface area (Å²) in [6, 6.07) is 15.8. The van der Waals surface area contributed by atoms with Crippen LogP contribution >= 0.6 is 23.2 Å². The Morgan fingerprint density at radius 3 is 2.31 bits per heavy atom. The standard InChI is InChI=1S/C26H20Cl2N2O6/c1-34-22-13-15(12-21(28)23(22)35-2)11-19-24(31)29-26(33)30(25(19)32)17-7-9-18(10-8-17)36-14-16-5-3-4-6-20(16)27/h3-13H,14H2,1-2H3,(H,29,31,33)/b19-11+. The maximum Gasteiger partial charge on any atom is 0.335 e. The van der Waals surface area contributed by atoms with Gasteiger partial charge in [-0.05, 0) is 54.1 Å². The molecule has 1 heterocycles. The van der Waals surface area contributed by atoms with Crippen LogP contribution in [0.5, 0.6) is 17.2 Å². The molecule has 4 amide bonds. The van der Waals surface area contributed by atoms with E-state index >= 15 is 0 Å². The van der Waals surface area contributed by atoms with Crippen molar-refractivity contribution in [2.75, 3.05) is 19.1 Å². The number of ether oxygens (including phenoxy) is 3. The number of methoxy groups -OCH3 is 2. The van der Waals surface area contributed by atoms with Gasteiger partial charge in [0.2, 0.25) is 0 Å². The first-order valence-electron chi connectivity index (χ1n) is 10.6. The molecule has 1 N–H and O–H groups in total. The van der Waals surface area contributed by atoms with E-state index in [-0.39, 0.29) is 22.9 Å². The van der Waals surface area contributed by atoms with Gasteiger partial charge in [-0.25, -0.2) is 9.69 Å². The number of imide groups is 2. The molecule has 8 nitrogen and oxygen atoms in total. The van der Waals surface area contributed by atoms with Crippen molar-refractivity contribution < 1.29 is 28.6 Å². The average Bonchev–Trinajstić information content (AvgIpc) is 2.86. The third-order valence-corrected chi connectivity index (χ3v) is 5.97. The topological polar surface area (TPSA) is 94.2 Å². The predicted octanol–water partition coefficient (Wildman–Crippen LogP) is 5.26. The summed E-state index contributed by atoms with van der Waals surface area (Å²) in [5, 5.41) is 3.00. The molecule has 1 aliphatic rings. The van der Waals surface area contributed by atoms with Crippen molar-refractivity contribution in [2.24, 2.45) is 0 Å². The lowest BCUT2D eigenvalue weighted by Crippen LogP contribution is -2.54. The zero-order valence-electron chi connectivity index (χ0n) is 19.2. The maximum absolute atomic E-state index is 13.2. The number of benzene rings is 3. The summed E-state index contributed by atoms with van der Waals surface area (Å²) in [6.07, 6.45) is 1.33. The van der Waals surface area contributed by atoms with Gasteiger partial charge in [0.15, 0.2) is 11.5 Å². The van der Waals surface area contributed by atoms with Crippen molar-refractivity contribution in [1.29, 1.82) is 0 Å². The molecule has 0 aliphatic carbocycles. The fourth-order valence-electron chi connectivity index (χ4n) is 3.55. The molecular formula is C26H20Cl2N2O6. The second-order valence-corrected chi connectivity index (χ2v) is 8.38. The van der Waals surface area contributed by atoms with E-state index in [9.17, 15) is 14.4 Å². The van der Waals surface area contributed by atoms with Gasteiger partial charge < -0.3 is 14.2 Å². The van der Waals surface area contributed by atoms with E-state index in [1.807, 2.05) is 18.2 Å². The van der Waals surface area contributed by atoms with E-state index in [2.05, 4.69) is 5.32 Å². The lowest BCUT2D eigenvalue weighted by atomic mass is 10.1. The van der Waals surface area contributed by atoms with Gasteiger partial charge in [0, 0.05) is 10.6 Å². The van der Waals surface area contributed by atoms with E-state index in [1.54, 1.807) is 36.4 Å². The number of anilines is 1. The Hall–Kier alpha value is -4.01. The van der Waals surface area contributed by atoms with E-state index in [0.29, 0.717) is 27.8 Å². The van der Waals surface area contributed by atoms with Crippen molar-refractivity contribution in [2.45, 2.75) is 6.61 Å². The number of nitrogens with one attached hydrogen (secondary N) is 1. The molecule has 0 spiro atoms. The zero-order valence-corrected chi connectivity index (χ0v) is 20.7. The van der Waals surface area contributed by atoms with E-state index < -0.39 is 17.8 Å². The first kappa shape index (κ1) is 25.1. The molecule has 1 saturated heterocycles. The number of carbonyl (C=O) groups excluding carboxylic acids is 3. The number of barbiturate groups is 1. The zero-order chi connectivity index (χ0) is 25.8. The van der Waals surface area contributed by atoms with Crippen LogP contribution in [0.1, 0.15) is 11.1 Å². The molecule has 1 fully saturated rings. The summed E-state index contributed by atoms with van der Waals surface area (Å²) in [5.74, 6) is -0.475. The Labute approximate surface area is 217 Å². The van der Waals surface area contributed by atoms with Gasteiger partial charge >= 0.3 is 6.03 Å². The van der Waals surface area contributed by atoms with Crippen molar-refractivity contribution >= 4 is 52.8 Å². The Morgan fingerprint density at radius 2 is 1.64 bits per heavy atom. The van der Waals surface area contributed by atoms with Gasteiger partial charge in [-0.15, -0.1) is 0 Å². The molecule has 0 saturated carbocycles. The maximum atomic E-state index is 13.2. The van der Waals surface area contributed by atoms with E-state index in [4.69, 9.17) is 37.4 Å². The highest BCUT2D eigenvalue weighted by molar-refractivity contribution is 6.39. The molecule has 0 unspecified atom stereocenters. The Kier molecular flexibility index (Phi) is 7.47. The minimum Gasteiger partial charge on any atom is -0.493 e. The van der Waals surface area contributed by atoms with Gasteiger partial charge in [0.25, 0.3) is 11.8 Å². The second kappa shape index (κ2) is 10.7. The normalized spacial score (nSPS) is 14.6. The molecule has 0 atom stereocenters. The Bertz CT molecular complexity index is 1370. The number of hydrogen-bond acceptors (Lipinski definition) is 6. The average molecular weight is 527 g/mol. The fourth-order valence-corrected chi connectivity index (χ4v) is 4.03. The van der Waals surface area contributed by atoms with Crippen LogP contribution in [0.15, 0.2) is 66.2 Å². The molecular weight excluding hydrogens is 507 g/mol. The van der Waals surface area contributed by atoms with Crippen LogP contribution in [0.25, 0.3) is 6.08 Å². The number of nitrogens with zero attached hydrogens (tertiary/aromatic N) is 1. The summed E-state index contributed by atoms with van der Waals surface area (Å²) in [5.41, 5.74) is 1.23. The molecule has 10 heteroatoms. The van der Waals surface area contributed by atoms with Crippen molar-refractivity contribution in [1.82, 2.24) is 5.32 Å². The molecule has 0 aromatic heterocycles. The highest BCUT2D eigenvalue weighted by atomic mass is 35.5. The highest BCUT2D eigenvalue weighted by Crippen LogP contribution is 2.37. The number of hydrogen-bond donors (Lipinski definition) is 1. The molecule has 184 valence electrons. The molecule has 0 radical (unpaired) electrons. The second-order valence-electron chi connectivity index (χ2n) is 7.57. The first-order valence-corrected chi connectivity index (χ1v) is 11.4. The molecule has 3 aromatic carbocycles. The summed E-state index contributed by atoms with van der Waals surface area (Å²) in [6.45, 7) is 0.247. The number of rotatable bonds is 7. The van der Waals surface area contributed by atoms with Crippen LogP contribution in [0.4, 0.5) is 10.5 Å².